The van der Waals surface area contributed by atoms with Crippen LogP contribution in [0.1, 0.15) is 19.4 Å². The Balaban J connectivity index is 1.97. The highest BCUT2D eigenvalue weighted by atomic mass is 16.2. The Kier molecular flexibility index (Phi) is 4.00. The molecule has 0 unspecified atom stereocenters. The summed E-state index contributed by atoms with van der Waals surface area (Å²) in [6.07, 6.45) is 0.426. The highest BCUT2D eigenvalue weighted by molar-refractivity contribution is 5.88. The molecule has 1 fully saturated rings. The number of carbonyl (C=O) groups excluding carboxylic acids is 2. The SMILES string of the molecule is CC1(C)C(=O)NCCN1CC(=O)Cc1ccccc1. The minimum Gasteiger partial charge on any atom is -0.353 e. The molecule has 4 nitrogen and oxygen atoms in total. The van der Waals surface area contributed by atoms with E-state index in [1.807, 2.05) is 49.1 Å². The van der Waals surface area contributed by atoms with E-state index in [0.29, 0.717) is 19.5 Å². The highest BCUT2D eigenvalue weighted by Gasteiger charge is 2.38. The van der Waals surface area contributed by atoms with Crippen LogP contribution in [0.2, 0.25) is 0 Å². The molecule has 1 aromatic carbocycles. The third kappa shape index (κ3) is 3.20. The van der Waals surface area contributed by atoms with Crippen molar-refractivity contribution in [2.24, 2.45) is 0 Å². The van der Waals surface area contributed by atoms with Crippen LogP contribution in [0.4, 0.5) is 0 Å². The van der Waals surface area contributed by atoms with E-state index in [0.717, 1.165) is 12.1 Å². The minimum absolute atomic E-state index is 0.00809. The van der Waals surface area contributed by atoms with Crippen LogP contribution in [-0.2, 0) is 16.0 Å². The van der Waals surface area contributed by atoms with Gasteiger partial charge in [-0.05, 0) is 19.4 Å². The molecule has 4 heteroatoms. The molecule has 1 N–H and O–H groups in total. The largest absolute Gasteiger partial charge is 0.353 e. The van der Waals surface area contributed by atoms with Crippen molar-refractivity contribution in [1.82, 2.24) is 10.2 Å². The van der Waals surface area contributed by atoms with Crippen molar-refractivity contribution in [2.75, 3.05) is 19.6 Å². The van der Waals surface area contributed by atoms with E-state index in [1.54, 1.807) is 0 Å². The second-order valence-electron chi connectivity index (χ2n) is 5.44. The molecule has 0 aromatic heterocycles. The summed E-state index contributed by atoms with van der Waals surface area (Å²) in [5, 5.41) is 2.83. The zero-order chi connectivity index (χ0) is 13.9. The molecule has 0 spiro atoms. The fourth-order valence-electron chi connectivity index (χ4n) is 2.31. The zero-order valence-electron chi connectivity index (χ0n) is 11.5. The van der Waals surface area contributed by atoms with Crippen LogP contribution < -0.4 is 5.32 Å². The van der Waals surface area contributed by atoms with E-state index in [1.165, 1.54) is 0 Å². The second-order valence-corrected chi connectivity index (χ2v) is 5.44. The van der Waals surface area contributed by atoms with E-state index in [4.69, 9.17) is 0 Å². The van der Waals surface area contributed by atoms with E-state index < -0.39 is 5.54 Å². The van der Waals surface area contributed by atoms with Crippen molar-refractivity contribution in [1.29, 1.82) is 0 Å². The summed E-state index contributed by atoms with van der Waals surface area (Å²) in [4.78, 5) is 25.9. The van der Waals surface area contributed by atoms with Crippen LogP contribution in [0.3, 0.4) is 0 Å². The summed E-state index contributed by atoms with van der Waals surface area (Å²) >= 11 is 0. The van der Waals surface area contributed by atoms with E-state index in [2.05, 4.69) is 5.32 Å². The Morgan fingerprint density at radius 1 is 1.32 bits per heavy atom. The summed E-state index contributed by atoms with van der Waals surface area (Å²) in [6.45, 7) is 5.38. The summed E-state index contributed by atoms with van der Waals surface area (Å²) in [6, 6.07) is 9.70. The Morgan fingerprint density at radius 2 is 2.00 bits per heavy atom. The molecule has 1 heterocycles. The van der Waals surface area contributed by atoms with Gasteiger partial charge < -0.3 is 5.32 Å². The molecule has 102 valence electrons. The van der Waals surface area contributed by atoms with Gasteiger partial charge in [-0.1, -0.05) is 30.3 Å². The lowest BCUT2D eigenvalue weighted by molar-refractivity contribution is -0.136. The topological polar surface area (TPSA) is 49.4 Å². The Labute approximate surface area is 113 Å². The number of Topliss-reactive ketones (excluding diaryl/α,β-unsaturated/α-hetero) is 1. The van der Waals surface area contributed by atoms with Gasteiger partial charge in [0.15, 0.2) is 5.78 Å². The van der Waals surface area contributed by atoms with Gasteiger partial charge in [0.1, 0.15) is 0 Å². The number of piperazine rings is 1. The van der Waals surface area contributed by atoms with Crippen LogP contribution in [0.25, 0.3) is 0 Å². The number of hydrogen-bond donors (Lipinski definition) is 1. The lowest BCUT2D eigenvalue weighted by Crippen LogP contribution is -2.62. The van der Waals surface area contributed by atoms with Gasteiger partial charge in [0.05, 0.1) is 12.1 Å². The van der Waals surface area contributed by atoms with Crippen molar-refractivity contribution in [3.05, 3.63) is 35.9 Å². The molecule has 19 heavy (non-hydrogen) atoms. The third-order valence-corrected chi connectivity index (χ3v) is 3.62. The first-order valence-corrected chi connectivity index (χ1v) is 6.59. The van der Waals surface area contributed by atoms with Crippen LogP contribution in [0.5, 0.6) is 0 Å². The molecule has 1 aliphatic rings. The molecule has 1 aliphatic heterocycles. The first kappa shape index (κ1) is 13.7. The molecular formula is C15H20N2O2. The zero-order valence-corrected chi connectivity index (χ0v) is 11.5. The Bertz CT molecular complexity index is 468. The average Bonchev–Trinajstić information content (AvgIpc) is 2.37. The van der Waals surface area contributed by atoms with Gasteiger partial charge in [-0.2, -0.15) is 0 Å². The van der Waals surface area contributed by atoms with E-state index in [9.17, 15) is 9.59 Å². The molecule has 0 bridgehead atoms. The number of benzene rings is 1. The van der Waals surface area contributed by atoms with Gasteiger partial charge in [0, 0.05) is 19.5 Å². The van der Waals surface area contributed by atoms with Crippen LogP contribution >= 0.6 is 0 Å². The normalized spacial score (nSPS) is 18.9. The summed E-state index contributed by atoms with van der Waals surface area (Å²) in [7, 11) is 0. The fraction of sp³-hybridized carbons (Fsp3) is 0.467. The van der Waals surface area contributed by atoms with Gasteiger partial charge in [-0.15, -0.1) is 0 Å². The number of nitrogens with zero attached hydrogens (tertiary/aromatic N) is 1. The monoisotopic (exact) mass is 260 g/mol. The predicted molar refractivity (Wildman–Crippen MR) is 73.8 cm³/mol. The summed E-state index contributed by atoms with van der Waals surface area (Å²) < 4.78 is 0. The standard InChI is InChI=1S/C15H20N2O2/c1-15(2)14(19)16-8-9-17(15)11-13(18)10-12-6-4-3-5-7-12/h3-7H,8-11H2,1-2H3,(H,16,19). The number of amides is 1. The van der Waals surface area contributed by atoms with Crippen molar-refractivity contribution in [3.63, 3.8) is 0 Å². The van der Waals surface area contributed by atoms with E-state index >= 15 is 0 Å². The summed E-state index contributed by atoms with van der Waals surface area (Å²) in [5.41, 5.74) is 0.414. The number of carbonyl (C=O) groups is 2. The molecule has 0 saturated carbocycles. The van der Waals surface area contributed by atoms with Gasteiger partial charge in [0.25, 0.3) is 0 Å². The van der Waals surface area contributed by atoms with Crippen LogP contribution in [-0.4, -0.2) is 41.8 Å². The van der Waals surface area contributed by atoms with Gasteiger partial charge in [0.2, 0.25) is 5.91 Å². The summed E-state index contributed by atoms with van der Waals surface area (Å²) in [5.74, 6) is 0.139. The van der Waals surface area contributed by atoms with Crippen LogP contribution in [0, 0.1) is 0 Å². The number of hydrogen-bond acceptors (Lipinski definition) is 3. The van der Waals surface area contributed by atoms with Crippen LogP contribution in [0.15, 0.2) is 30.3 Å². The van der Waals surface area contributed by atoms with Crippen molar-refractivity contribution >= 4 is 11.7 Å². The van der Waals surface area contributed by atoms with Gasteiger partial charge in [-0.25, -0.2) is 0 Å². The number of rotatable bonds is 4. The quantitative estimate of drug-likeness (QED) is 0.879. The van der Waals surface area contributed by atoms with Gasteiger partial charge in [-0.3, -0.25) is 14.5 Å². The maximum Gasteiger partial charge on any atom is 0.240 e. The van der Waals surface area contributed by atoms with Gasteiger partial charge >= 0.3 is 0 Å². The molecule has 0 radical (unpaired) electrons. The first-order chi connectivity index (χ1) is 9.00. The second kappa shape index (κ2) is 5.53. The van der Waals surface area contributed by atoms with Crippen molar-refractivity contribution in [3.8, 4) is 0 Å². The lowest BCUT2D eigenvalue weighted by atomic mass is 9.98. The fourth-order valence-corrected chi connectivity index (χ4v) is 2.31. The smallest absolute Gasteiger partial charge is 0.240 e. The molecular weight excluding hydrogens is 240 g/mol. The number of ketones is 1. The van der Waals surface area contributed by atoms with E-state index in [-0.39, 0.29) is 11.7 Å². The molecule has 2 rings (SSSR count). The molecule has 1 aromatic rings. The molecule has 0 atom stereocenters. The Hall–Kier alpha value is -1.68. The lowest BCUT2D eigenvalue weighted by Gasteiger charge is -2.40. The minimum atomic E-state index is -0.607. The predicted octanol–water partition coefficient (Wildman–Crippen LogP) is 1.01. The molecule has 1 amide bonds. The molecule has 0 aliphatic carbocycles. The Morgan fingerprint density at radius 3 is 2.68 bits per heavy atom. The number of nitrogens with one attached hydrogen (secondary N) is 1. The van der Waals surface area contributed by atoms with Crippen molar-refractivity contribution in [2.45, 2.75) is 25.8 Å². The average molecular weight is 260 g/mol. The molecule has 1 saturated heterocycles. The maximum atomic E-state index is 12.1. The highest BCUT2D eigenvalue weighted by Crippen LogP contribution is 2.17. The maximum absolute atomic E-state index is 12.1. The third-order valence-electron chi connectivity index (χ3n) is 3.62. The first-order valence-electron chi connectivity index (χ1n) is 6.59. The van der Waals surface area contributed by atoms with Crippen molar-refractivity contribution < 1.29 is 9.59 Å².